The molecule has 0 aliphatic carbocycles. The van der Waals surface area contributed by atoms with Gasteiger partial charge in [-0.1, -0.05) is 6.92 Å². The summed E-state index contributed by atoms with van der Waals surface area (Å²) in [5.41, 5.74) is 0.182. The number of hydrogen-bond donors (Lipinski definition) is 1. The van der Waals surface area contributed by atoms with Crippen LogP contribution in [0.4, 0.5) is 0 Å². The molecule has 1 saturated heterocycles. The number of carbonyl (C=O) groups excluding carboxylic acids is 1. The largest absolute Gasteiger partial charge is 0.389 e. The van der Waals surface area contributed by atoms with Crippen LogP contribution in [0, 0.1) is 17.8 Å². The highest BCUT2D eigenvalue weighted by Crippen LogP contribution is 2.39. The highest BCUT2D eigenvalue weighted by molar-refractivity contribution is 6.19. The van der Waals surface area contributed by atoms with Gasteiger partial charge in [0.05, 0.1) is 42.8 Å². The zero-order valence-corrected chi connectivity index (χ0v) is 18.8. The SMILES string of the molecule is COC1CN=CC(C2CC(C)C3C(=O)N(C4=NN(CC(C)(C)O)CC4)C(C)C3=N2)C1. The van der Waals surface area contributed by atoms with Gasteiger partial charge < -0.3 is 9.84 Å². The van der Waals surface area contributed by atoms with E-state index in [2.05, 4.69) is 23.9 Å². The van der Waals surface area contributed by atoms with Gasteiger partial charge in [-0.2, -0.15) is 5.10 Å². The van der Waals surface area contributed by atoms with E-state index in [0.29, 0.717) is 6.54 Å². The van der Waals surface area contributed by atoms with Crippen LogP contribution < -0.4 is 0 Å². The standard InChI is InChI=1S/C22H35N5O3/c1-13-8-17(15-9-16(30-5)11-23-10-15)24-20-14(2)27(21(28)19(13)20)18-6-7-26(25-18)12-22(3,4)29/h10,13-17,19,29H,6-9,11-12H2,1-5H3. The smallest absolute Gasteiger partial charge is 0.237 e. The molecule has 0 spiro atoms. The molecule has 0 aromatic rings. The van der Waals surface area contributed by atoms with Gasteiger partial charge in [0.2, 0.25) is 5.91 Å². The number of hydrazone groups is 1. The molecule has 1 fully saturated rings. The third-order valence-electron chi connectivity index (χ3n) is 6.80. The van der Waals surface area contributed by atoms with E-state index < -0.39 is 5.60 Å². The lowest BCUT2D eigenvalue weighted by Gasteiger charge is -2.34. The number of likely N-dealkylation sites (tertiary alicyclic amines) is 1. The molecule has 8 heteroatoms. The maximum atomic E-state index is 13.4. The Morgan fingerprint density at radius 1 is 1.30 bits per heavy atom. The summed E-state index contributed by atoms with van der Waals surface area (Å²) in [6, 6.07) is 0.0766. The van der Waals surface area contributed by atoms with Crippen LogP contribution in [0.5, 0.6) is 0 Å². The quantitative estimate of drug-likeness (QED) is 0.752. The number of nitrogens with zero attached hydrogens (tertiary/aromatic N) is 5. The number of amidine groups is 1. The van der Waals surface area contributed by atoms with Crippen LogP contribution in [0.1, 0.15) is 47.0 Å². The first-order valence-corrected chi connectivity index (χ1v) is 11.2. The number of methoxy groups -OCH3 is 1. The van der Waals surface area contributed by atoms with E-state index in [1.165, 1.54) is 0 Å². The lowest BCUT2D eigenvalue weighted by atomic mass is 9.77. The minimum Gasteiger partial charge on any atom is -0.389 e. The van der Waals surface area contributed by atoms with E-state index in [4.69, 9.17) is 9.73 Å². The van der Waals surface area contributed by atoms with Gasteiger partial charge in [-0.25, -0.2) is 0 Å². The fourth-order valence-corrected chi connectivity index (χ4v) is 5.37. The summed E-state index contributed by atoms with van der Waals surface area (Å²) in [7, 11) is 1.74. The third kappa shape index (κ3) is 4.04. The molecule has 0 aromatic carbocycles. The first-order valence-electron chi connectivity index (χ1n) is 11.2. The van der Waals surface area contributed by atoms with Crippen molar-refractivity contribution in [3.63, 3.8) is 0 Å². The summed E-state index contributed by atoms with van der Waals surface area (Å²) in [6.45, 7) is 9.69. The van der Waals surface area contributed by atoms with Crippen LogP contribution in [0.2, 0.25) is 0 Å². The molecule has 4 heterocycles. The summed E-state index contributed by atoms with van der Waals surface area (Å²) in [5.74, 6) is 1.29. The highest BCUT2D eigenvalue weighted by Gasteiger charge is 2.51. The van der Waals surface area contributed by atoms with Gasteiger partial charge in [0, 0.05) is 37.9 Å². The summed E-state index contributed by atoms with van der Waals surface area (Å²) < 4.78 is 5.53. The second-order valence-electron chi connectivity index (χ2n) is 9.93. The van der Waals surface area contributed by atoms with Crippen LogP contribution in [0.25, 0.3) is 0 Å². The molecule has 1 amide bonds. The second-order valence-corrected chi connectivity index (χ2v) is 9.93. The Labute approximate surface area is 179 Å². The van der Waals surface area contributed by atoms with Crippen molar-refractivity contribution < 1.29 is 14.6 Å². The van der Waals surface area contributed by atoms with E-state index >= 15 is 0 Å². The van der Waals surface area contributed by atoms with Crippen LogP contribution in [-0.4, -0.2) is 89.2 Å². The minimum atomic E-state index is -0.818. The van der Waals surface area contributed by atoms with Crippen molar-refractivity contribution in [1.82, 2.24) is 9.91 Å². The fraction of sp³-hybridized carbons (Fsp3) is 0.818. The molecule has 0 aromatic heterocycles. The van der Waals surface area contributed by atoms with Crippen molar-refractivity contribution in [3.05, 3.63) is 0 Å². The molecule has 6 atom stereocenters. The number of ether oxygens (including phenoxy) is 1. The molecular formula is C22H35N5O3. The first kappa shape index (κ1) is 21.4. The lowest BCUT2D eigenvalue weighted by molar-refractivity contribution is -0.129. The number of fused-ring (bicyclic) bond motifs is 1. The number of rotatable bonds is 4. The molecule has 4 aliphatic rings. The Hall–Kier alpha value is -1.80. The minimum absolute atomic E-state index is 0.0765. The topological polar surface area (TPSA) is 90.1 Å². The van der Waals surface area contributed by atoms with Gasteiger partial charge >= 0.3 is 0 Å². The number of amides is 1. The Morgan fingerprint density at radius 2 is 2.07 bits per heavy atom. The van der Waals surface area contributed by atoms with E-state index in [-0.39, 0.29) is 41.8 Å². The van der Waals surface area contributed by atoms with E-state index in [0.717, 1.165) is 43.9 Å². The van der Waals surface area contributed by atoms with Gasteiger partial charge in [0.25, 0.3) is 0 Å². The predicted octanol–water partition coefficient (Wildman–Crippen LogP) is 1.58. The Morgan fingerprint density at radius 3 is 2.77 bits per heavy atom. The van der Waals surface area contributed by atoms with Crippen molar-refractivity contribution in [2.24, 2.45) is 32.8 Å². The molecule has 4 rings (SSSR count). The second kappa shape index (κ2) is 8.04. The summed E-state index contributed by atoms with van der Waals surface area (Å²) in [6.07, 6.45) is 4.75. The summed E-state index contributed by atoms with van der Waals surface area (Å²) in [5, 5.41) is 16.6. The summed E-state index contributed by atoms with van der Waals surface area (Å²) >= 11 is 0. The lowest BCUT2D eigenvalue weighted by Crippen LogP contribution is -2.39. The predicted molar refractivity (Wildman–Crippen MR) is 117 cm³/mol. The van der Waals surface area contributed by atoms with Crippen LogP contribution in [0.15, 0.2) is 15.1 Å². The highest BCUT2D eigenvalue weighted by atomic mass is 16.5. The average molecular weight is 418 g/mol. The van der Waals surface area contributed by atoms with Crippen molar-refractivity contribution in [2.75, 3.05) is 26.7 Å². The van der Waals surface area contributed by atoms with E-state index in [1.807, 2.05) is 16.1 Å². The molecule has 0 saturated carbocycles. The normalized spacial score (nSPS) is 36.8. The number of β-amino-alcohol motifs (C(OH)–C–C–N with tert-alkyl or cyclic N) is 1. The van der Waals surface area contributed by atoms with Crippen LogP contribution in [0.3, 0.4) is 0 Å². The Balaban J connectivity index is 1.55. The maximum Gasteiger partial charge on any atom is 0.237 e. The average Bonchev–Trinajstić information content (AvgIpc) is 3.22. The van der Waals surface area contributed by atoms with Crippen molar-refractivity contribution in [2.45, 2.75) is 70.7 Å². The van der Waals surface area contributed by atoms with Crippen LogP contribution in [-0.2, 0) is 9.53 Å². The van der Waals surface area contributed by atoms with Crippen molar-refractivity contribution in [3.8, 4) is 0 Å². The molecule has 0 bridgehead atoms. The van der Waals surface area contributed by atoms with Gasteiger partial charge in [0.15, 0.2) is 0 Å². The van der Waals surface area contributed by atoms with Gasteiger partial charge in [-0.15, -0.1) is 0 Å². The number of aliphatic imine (C=N–C) groups is 2. The molecule has 0 radical (unpaired) electrons. The molecule has 4 aliphatic heterocycles. The molecule has 6 unspecified atom stereocenters. The number of carbonyl (C=O) groups is 1. The maximum absolute atomic E-state index is 13.4. The van der Waals surface area contributed by atoms with E-state index in [9.17, 15) is 9.90 Å². The van der Waals surface area contributed by atoms with Crippen molar-refractivity contribution >= 4 is 23.7 Å². The zero-order chi connectivity index (χ0) is 21.6. The Bertz CT molecular complexity index is 771. The monoisotopic (exact) mass is 417 g/mol. The molecular weight excluding hydrogens is 382 g/mol. The third-order valence-corrected chi connectivity index (χ3v) is 6.80. The molecule has 166 valence electrons. The Kier molecular flexibility index (Phi) is 5.74. The van der Waals surface area contributed by atoms with Crippen molar-refractivity contribution in [1.29, 1.82) is 0 Å². The van der Waals surface area contributed by atoms with Gasteiger partial charge in [-0.3, -0.25) is 24.7 Å². The van der Waals surface area contributed by atoms with E-state index in [1.54, 1.807) is 21.0 Å². The molecule has 30 heavy (non-hydrogen) atoms. The molecule has 8 nitrogen and oxygen atoms in total. The molecule has 1 N–H and O–H groups in total. The summed E-state index contributed by atoms with van der Waals surface area (Å²) in [4.78, 5) is 24.9. The van der Waals surface area contributed by atoms with Gasteiger partial charge in [0.1, 0.15) is 5.84 Å². The van der Waals surface area contributed by atoms with Gasteiger partial charge in [-0.05, 0) is 39.5 Å². The number of hydrogen-bond acceptors (Lipinski definition) is 7. The fourth-order valence-electron chi connectivity index (χ4n) is 5.37. The van der Waals surface area contributed by atoms with Crippen LogP contribution >= 0.6 is 0 Å². The number of aliphatic hydroxyl groups is 1. The zero-order valence-electron chi connectivity index (χ0n) is 18.8. The first-order chi connectivity index (χ1) is 14.2.